The Labute approximate surface area is 278 Å². The van der Waals surface area contributed by atoms with Gasteiger partial charge in [0.05, 0.1) is 0 Å². The molecule has 0 N–H and O–H groups in total. The Morgan fingerprint density at radius 3 is 1.91 bits per heavy atom. The van der Waals surface area contributed by atoms with E-state index in [1.165, 1.54) is 63.5 Å². The minimum absolute atomic E-state index is 0.0724. The van der Waals surface area contributed by atoms with Crippen LogP contribution >= 0.6 is 8.58 Å². The summed E-state index contributed by atoms with van der Waals surface area (Å²) in [5.74, 6) is 1.07. The first-order valence-corrected chi connectivity index (χ1v) is 17.8. The molecule has 236 valence electrons. The molecule has 0 spiro atoms. The fourth-order valence-corrected chi connectivity index (χ4v) is 8.19. The molecular weight excluding hydrogens is 577 g/mol. The van der Waals surface area contributed by atoms with Crippen LogP contribution in [0.4, 0.5) is 0 Å². The van der Waals surface area contributed by atoms with Crippen LogP contribution < -0.4 is 10.0 Å². The van der Waals surface area contributed by atoms with Crippen LogP contribution in [-0.4, -0.2) is 13.3 Å². The zero-order valence-electron chi connectivity index (χ0n) is 27.7. The largest absolute Gasteiger partial charge is 0.488 e. The average molecular weight is 626 g/mol. The lowest BCUT2D eigenvalue weighted by Gasteiger charge is -2.37. The normalized spacial score (nSPS) is 12.9. The Bertz CT molecular complexity index is 1670. The number of rotatable bonds is 16. The fourth-order valence-electron chi connectivity index (χ4n) is 6.41. The molecule has 0 saturated carbocycles. The molecule has 5 aromatic carbocycles. The molecule has 2 atom stereocenters. The second kappa shape index (κ2) is 17.1. The molecule has 2 nitrogen and oxygen atoms in total. The molecule has 0 aliphatic carbocycles. The fraction of sp³-hybridized carbons (Fsp3) is 0.279. The first kappa shape index (κ1) is 33.4. The lowest BCUT2D eigenvalue weighted by molar-refractivity contribution is 0.294. The molecule has 46 heavy (non-hydrogen) atoms. The van der Waals surface area contributed by atoms with Crippen molar-refractivity contribution in [3.05, 3.63) is 166 Å². The molecule has 0 aromatic heterocycles. The average Bonchev–Trinajstić information content (AvgIpc) is 3.09. The minimum atomic E-state index is -0.0724. The molecule has 0 aliphatic rings. The number of nitrogens with zero attached hydrogens (tertiary/aromatic N) is 1. The number of hydrogen-bond donors (Lipinski definition) is 0. The quantitative estimate of drug-likeness (QED) is 0.0607. The molecular formula is C43H48NOP. The van der Waals surface area contributed by atoms with Crippen LogP contribution in [0.3, 0.4) is 0 Å². The van der Waals surface area contributed by atoms with Gasteiger partial charge in [-0.3, -0.25) is 4.99 Å². The molecule has 5 rings (SSSR count). The molecule has 3 heteroatoms. The maximum absolute atomic E-state index is 7.04. The third-order valence-corrected chi connectivity index (χ3v) is 10.9. The van der Waals surface area contributed by atoms with Crippen molar-refractivity contribution >= 4 is 20.1 Å². The Kier molecular flexibility index (Phi) is 12.4. The van der Waals surface area contributed by atoms with Gasteiger partial charge in [-0.05, 0) is 57.9 Å². The van der Waals surface area contributed by atoms with Gasteiger partial charge in [-0.15, -0.1) is 0 Å². The zero-order valence-corrected chi connectivity index (χ0v) is 28.7. The molecule has 0 aliphatic heterocycles. The summed E-state index contributed by atoms with van der Waals surface area (Å²) in [4.78, 5) is 4.43. The smallest absolute Gasteiger partial charge is 0.127 e. The Hall–Kier alpha value is -4.00. The van der Waals surface area contributed by atoms with Gasteiger partial charge in [0.15, 0.2) is 0 Å². The van der Waals surface area contributed by atoms with E-state index in [1.54, 1.807) is 0 Å². The van der Waals surface area contributed by atoms with Crippen molar-refractivity contribution in [1.29, 1.82) is 0 Å². The molecule has 0 heterocycles. The maximum atomic E-state index is 7.04. The van der Waals surface area contributed by atoms with Crippen LogP contribution in [0.25, 0.3) is 0 Å². The van der Waals surface area contributed by atoms with Crippen molar-refractivity contribution in [3.8, 4) is 5.75 Å². The molecule has 0 amide bonds. The molecule has 0 bridgehead atoms. The molecule has 5 aromatic rings. The molecule has 0 saturated heterocycles. The lowest BCUT2D eigenvalue weighted by Crippen LogP contribution is -2.26. The van der Waals surface area contributed by atoms with E-state index in [-0.39, 0.29) is 5.16 Å². The van der Waals surface area contributed by atoms with Gasteiger partial charge in [-0.25, -0.2) is 0 Å². The van der Waals surface area contributed by atoms with E-state index in [2.05, 4.69) is 146 Å². The van der Waals surface area contributed by atoms with E-state index >= 15 is 0 Å². The minimum Gasteiger partial charge on any atom is -0.488 e. The summed E-state index contributed by atoms with van der Waals surface area (Å²) in [7, 11) is 2.46. The van der Waals surface area contributed by atoms with Crippen molar-refractivity contribution in [2.45, 2.75) is 70.6 Å². The monoisotopic (exact) mass is 625 g/mol. The Morgan fingerprint density at radius 1 is 0.674 bits per heavy atom. The molecule has 2 unspecified atom stereocenters. The second-order valence-corrected chi connectivity index (χ2v) is 14.0. The van der Waals surface area contributed by atoms with Crippen LogP contribution in [0.1, 0.15) is 84.9 Å². The van der Waals surface area contributed by atoms with E-state index in [0.717, 1.165) is 31.4 Å². The van der Waals surface area contributed by atoms with Gasteiger partial charge in [0.25, 0.3) is 0 Å². The van der Waals surface area contributed by atoms with E-state index in [9.17, 15) is 0 Å². The van der Waals surface area contributed by atoms with Gasteiger partial charge < -0.3 is 4.74 Å². The SMILES string of the molecule is CCCCCC(CC)(Pc1ccccc1/C=N/C)c1cc(Cc2ccccc2)cc(Cc2ccccc2)c1OCc1ccccc1. The van der Waals surface area contributed by atoms with Crippen molar-refractivity contribution in [2.24, 2.45) is 4.99 Å². The second-order valence-electron chi connectivity index (χ2n) is 12.2. The van der Waals surface area contributed by atoms with Crippen molar-refractivity contribution in [3.63, 3.8) is 0 Å². The molecule has 0 radical (unpaired) electrons. The highest BCUT2D eigenvalue weighted by Gasteiger charge is 2.35. The highest BCUT2D eigenvalue weighted by Crippen LogP contribution is 2.53. The maximum Gasteiger partial charge on any atom is 0.127 e. The Balaban J connectivity index is 1.72. The predicted molar refractivity (Wildman–Crippen MR) is 200 cm³/mol. The summed E-state index contributed by atoms with van der Waals surface area (Å²) in [6.45, 7) is 5.23. The number of ether oxygens (including phenoxy) is 1. The number of hydrogen-bond acceptors (Lipinski definition) is 2. The number of benzene rings is 5. The number of aliphatic imine (C=N–C) groups is 1. The number of unbranched alkanes of at least 4 members (excludes halogenated alkanes) is 2. The summed E-state index contributed by atoms with van der Waals surface area (Å²) in [6.07, 6.45) is 9.52. The van der Waals surface area contributed by atoms with Crippen molar-refractivity contribution in [2.75, 3.05) is 7.05 Å². The molecule has 0 fully saturated rings. The van der Waals surface area contributed by atoms with E-state index < -0.39 is 0 Å². The third-order valence-electron chi connectivity index (χ3n) is 8.87. The van der Waals surface area contributed by atoms with E-state index in [0.29, 0.717) is 15.2 Å². The lowest BCUT2D eigenvalue weighted by atomic mass is 9.84. The van der Waals surface area contributed by atoms with Gasteiger partial charge >= 0.3 is 0 Å². The van der Waals surface area contributed by atoms with E-state index in [1.807, 2.05) is 13.3 Å². The van der Waals surface area contributed by atoms with Crippen LogP contribution in [-0.2, 0) is 24.6 Å². The van der Waals surface area contributed by atoms with Crippen molar-refractivity contribution < 1.29 is 4.74 Å². The van der Waals surface area contributed by atoms with Crippen LogP contribution in [0.5, 0.6) is 5.75 Å². The summed E-state index contributed by atoms with van der Waals surface area (Å²) in [5, 5.41) is 1.30. The summed E-state index contributed by atoms with van der Waals surface area (Å²) < 4.78 is 7.04. The van der Waals surface area contributed by atoms with E-state index in [4.69, 9.17) is 4.74 Å². The third kappa shape index (κ3) is 8.83. The zero-order chi connectivity index (χ0) is 32.0. The first-order valence-electron chi connectivity index (χ1n) is 16.8. The first-order chi connectivity index (χ1) is 22.6. The van der Waals surface area contributed by atoms with Crippen LogP contribution in [0, 0.1) is 0 Å². The van der Waals surface area contributed by atoms with Gasteiger partial charge in [0.2, 0.25) is 0 Å². The van der Waals surface area contributed by atoms with Crippen LogP contribution in [0.2, 0.25) is 0 Å². The predicted octanol–water partition coefficient (Wildman–Crippen LogP) is 10.7. The standard InChI is InChI=1S/C43H48NOP/c1-4-6-18-27-43(5-2,46-41-26-17-16-25-38(41)32-44-3)40-31-37(28-34-19-10-7-11-20-34)30-39(29-35-21-12-8-13-22-35)42(40)45-33-36-23-14-9-15-24-36/h7-17,19-26,30-32,46H,4-6,18,27-29,33H2,1-3H3/b44-32+. The topological polar surface area (TPSA) is 21.6 Å². The summed E-state index contributed by atoms with van der Waals surface area (Å²) >= 11 is 0. The Morgan fingerprint density at radius 2 is 1.28 bits per heavy atom. The van der Waals surface area contributed by atoms with Gasteiger partial charge in [0, 0.05) is 30.4 Å². The van der Waals surface area contributed by atoms with Gasteiger partial charge in [-0.2, -0.15) is 0 Å². The highest BCUT2D eigenvalue weighted by molar-refractivity contribution is 7.48. The van der Waals surface area contributed by atoms with Gasteiger partial charge in [0.1, 0.15) is 12.4 Å². The summed E-state index contributed by atoms with van der Waals surface area (Å²) in [5.41, 5.74) is 9.02. The highest BCUT2D eigenvalue weighted by atomic mass is 31.1. The summed E-state index contributed by atoms with van der Waals surface area (Å²) in [6, 6.07) is 46.1. The van der Waals surface area contributed by atoms with Gasteiger partial charge in [-0.1, -0.05) is 169 Å². The van der Waals surface area contributed by atoms with Crippen molar-refractivity contribution in [1.82, 2.24) is 0 Å². The van der Waals surface area contributed by atoms with Crippen LogP contribution in [0.15, 0.2) is 132 Å².